The van der Waals surface area contributed by atoms with E-state index in [0.717, 1.165) is 25.2 Å². The van der Waals surface area contributed by atoms with Crippen LogP contribution in [0.1, 0.15) is 64.2 Å². The Morgan fingerprint density at radius 2 is 1.56 bits per heavy atom. The molecule has 4 aliphatic carbocycles. The van der Waals surface area contributed by atoms with Crippen LogP contribution in [0.15, 0.2) is 0 Å². The Hall–Kier alpha value is -0.0800. The lowest BCUT2D eigenvalue weighted by atomic mass is 9.53. The van der Waals surface area contributed by atoms with E-state index < -0.39 is 5.60 Å². The van der Waals surface area contributed by atoms with Gasteiger partial charge in [-0.3, -0.25) is 0 Å². The van der Waals surface area contributed by atoms with Crippen LogP contribution < -0.4 is 5.73 Å². The molecule has 2 heteroatoms. The van der Waals surface area contributed by atoms with Gasteiger partial charge in [0.1, 0.15) is 0 Å². The van der Waals surface area contributed by atoms with Gasteiger partial charge in [-0.2, -0.15) is 0 Å². The highest BCUT2D eigenvalue weighted by molar-refractivity contribution is 5.12. The molecule has 1 atom stereocenters. The van der Waals surface area contributed by atoms with Crippen LogP contribution in [0.4, 0.5) is 0 Å². The number of hydrogen-bond donors (Lipinski definition) is 2. The molecule has 0 aromatic heterocycles. The summed E-state index contributed by atoms with van der Waals surface area (Å²) in [7, 11) is 0. The van der Waals surface area contributed by atoms with Crippen LogP contribution in [0.2, 0.25) is 0 Å². The zero-order valence-corrected chi connectivity index (χ0v) is 10.3. The smallest absolute Gasteiger partial charge is 0.0829 e. The second kappa shape index (κ2) is 3.71. The maximum atomic E-state index is 11.0. The fourth-order valence-corrected chi connectivity index (χ4v) is 4.70. The van der Waals surface area contributed by atoms with E-state index >= 15 is 0 Å². The summed E-state index contributed by atoms with van der Waals surface area (Å²) in [5.74, 6) is 1.40. The van der Waals surface area contributed by atoms with E-state index in [4.69, 9.17) is 5.73 Å². The van der Waals surface area contributed by atoms with Gasteiger partial charge in [-0.05, 0) is 43.9 Å². The molecule has 0 amide bonds. The van der Waals surface area contributed by atoms with Crippen molar-refractivity contribution < 1.29 is 5.11 Å². The summed E-state index contributed by atoms with van der Waals surface area (Å²) in [6.07, 6.45) is 11.9. The third-order valence-electron chi connectivity index (χ3n) is 5.75. The summed E-state index contributed by atoms with van der Waals surface area (Å²) >= 11 is 0. The zero-order valence-electron chi connectivity index (χ0n) is 10.3. The molecule has 0 aromatic rings. The number of aliphatic hydroxyl groups is 1. The van der Waals surface area contributed by atoms with Gasteiger partial charge in [-0.25, -0.2) is 0 Å². The van der Waals surface area contributed by atoms with Crippen LogP contribution in [0.3, 0.4) is 0 Å². The van der Waals surface area contributed by atoms with Crippen molar-refractivity contribution in [3.05, 3.63) is 0 Å². The van der Waals surface area contributed by atoms with Crippen LogP contribution in [0.5, 0.6) is 0 Å². The van der Waals surface area contributed by atoms with Gasteiger partial charge in [0.2, 0.25) is 0 Å². The summed E-state index contributed by atoms with van der Waals surface area (Å²) in [5.41, 5.74) is 5.93. The molecule has 0 aromatic carbocycles. The second-order valence-electron chi connectivity index (χ2n) is 6.55. The predicted molar refractivity (Wildman–Crippen MR) is 65.0 cm³/mol. The lowest BCUT2D eigenvalue weighted by Crippen LogP contribution is -2.68. The first kappa shape index (κ1) is 11.0. The van der Waals surface area contributed by atoms with E-state index in [2.05, 4.69) is 0 Å². The third kappa shape index (κ3) is 1.46. The van der Waals surface area contributed by atoms with Gasteiger partial charge < -0.3 is 10.8 Å². The van der Waals surface area contributed by atoms with Gasteiger partial charge in [0.05, 0.1) is 5.60 Å². The highest BCUT2D eigenvalue weighted by atomic mass is 16.3. The maximum absolute atomic E-state index is 11.0. The van der Waals surface area contributed by atoms with E-state index in [1.165, 1.54) is 44.9 Å². The van der Waals surface area contributed by atoms with Crippen LogP contribution in [-0.2, 0) is 0 Å². The van der Waals surface area contributed by atoms with Crippen molar-refractivity contribution in [2.24, 2.45) is 17.6 Å². The van der Waals surface area contributed by atoms with Crippen LogP contribution in [0.25, 0.3) is 0 Å². The Kier molecular flexibility index (Phi) is 2.56. The third-order valence-corrected chi connectivity index (χ3v) is 5.75. The van der Waals surface area contributed by atoms with Crippen molar-refractivity contribution in [2.45, 2.75) is 75.3 Å². The molecule has 16 heavy (non-hydrogen) atoms. The van der Waals surface area contributed by atoms with Gasteiger partial charge >= 0.3 is 0 Å². The highest BCUT2D eigenvalue weighted by Crippen LogP contribution is 2.53. The molecule has 92 valence electrons. The molecule has 2 nitrogen and oxygen atoms in total. The molecule has 0 aliphatic heterocycles. The quantitative estimate of drug-likeness (QED) is 0.717. The van der Waals surface area contributed by atoms with E-state index in [0.29, 0.717) is 5.92 Å². The maximum Gasteiger partial charge on any atom is 0.0829 e. The van der Waals surface area contributed by atoms with Crippen molar-refractivity contribution >= 4 is 0 Å². The molecular weight excluding hydrogens is 198 g/mol. The molecule has 2 bridgehead atoms. The minimum atomic E-state index is -0.533. The minimum Gasteiger partial charge on any atom is -0.388 e. The molecule has 4 fully saturated rings. The number of nitrogens with two attached hydrogens (primary N) is 1. The van der Waals surface area contributed by atoms with Crippen molar-refractivity contribution in [2.75, 3.05) is 0 Å². The van der Waals surface area contributed by atoms with Crippen molar-refractivity contribution in [1.29, 1.82) is 0 Å². The first-order chi connectivity index (χ1) is 7.64. The Bertz CT molecular complexity index is 264. The predicted octanol–water partition coefficient (Wildman–Crippen LogP) is 2.59. The number of fused-ring (bicyclic) bond motifs is 3. The lowest BCUT2D eigenvalue weighted by Gasteiger charge is -2.58. The van der Waals surface area contributed by atoms with Gasteiger partial charge in [0.15, 0.2) is 0 Å². The van der Waals surface area contributed by atoms with E-state index in [9.17, 15) is 5.11 Å². The highest BCUT2D eigenvalue weighted by Gasteiger charge is 2.56. The minimum absolute atomic E-state index is 0.241. The molecule has 0 heterocycles. The summed E-state index contributed by atoms with van der Waals surface area (Å²) in [6.45, 7) is 0. The molecule has 4 aliphatic rings. The molecule has 0 saturated heterocycles. The SMILES string of the molecule is NC1(C2(O)CCCCC2)CC2CCC1CC2. The van der Waals surface area contributed by atoms with Crippen molar-refractivity contribution in [3.8, 4) is 0 Å². The molecular formula is C14H25NO. The normalized spacial score (nSPS) is 46.9. The van der Waals surface area contributed by atoms with Gasteiger partial charge in [0.25, 0.3) is 0 Å². The number of rotatable bonds is 1. The Morgan fingerprint density at radius 1 is 0.938 bits per heavy atom. The number of hydrogen-bond acceptors (Lipinski definition) is 2. The Balaban J connectivity index is 1.86. The van der Waals surface area contributed by atoms with Gasteiger partial charge in [-0.15, -0.1) is 0 Å². The molecule has 0 spiro atoms. The molecule has 3 N–H and O–H groups in total. The van der Waals surface area contributed by atoms with Gasteiger partial charge in [0, 0.05) is 5.54 Å². The topological polar surface area (TPSA) is 46.2 Å². The molecule has 4 rings (SSSR count). The van der Waals surface area contributed by atoms with E-state index in [1.54, 1.807) is 0 Å². The van der Waals surface area contributed by atoms with Crippen LogP contribution in [-0.4, -0.2) is 16.2 Å². The fraction of sp³-hybridized carbons (Fsp3) is 1.00. The second-order valence-corrected chi connectivity index (χ2v) is 6.55. The standard InChI is InChI=1S/C14H25NO/c15-14(13(16)8-2-1-3-9-13)10-11-4-6-12(14)7-5-11/h11-12,16H,1-10,15H2. The van der Waals surface area contributed by atoms with Crippen molar-refractivity contribution in [1.82, 2.24) is 0 Å². The summed E-state index contributed by atoms with van der Waals surface area (Å²) in [4.78, 5) is 0. The molecule has 4 saturated carbocycles. The monoisotopic (exact) mass is 223 g/mol. The van der Waals surface area contributed by atoms with Gasteiger partial charge in [-0.1, -0.05) is 32.1 Å². The Labute approximate surface area is 98.6 Å². The van der Waals surface area contributed by atoms with E-state index in [1.807, 2.05) is 0 Å². The largest absolute Gasteiger partial charge is 0.388 e. The summed E-state index contributed by atoms with van der Waals surface area (Å²) in [6, 6.07) is 0. The first-order valence-electron chi connectivity index (χ1n) is 7.15. The van der Waals surface area contributed by atoms with E-state index in [-0.39, 0.29) is 5.54 Å². The molecule has 1 unspecified atom stereocenters. The molecule has 0 radical (unpaired) electrons. The first-order valence-corrected chi connectivity index (χ1v) is 7.15. The summed E-state index contributed by atoms with van der Waals surface area (Å²) < 4.78 is 0. The van der Waals surface area contributed by atoms with Crippen molar-refractivity contribution in [3.63, 3.8) is 0 Å². The average Bonchev–Trinajstić information content (AvgIpc) is 2.31. The fourth-order valence-electron chi connectivity index (χ4n) is 4.70. The Morgan fingerprint density at radius 3 is 2.06 bits per heavy atom. The van der Waals surface area contributed by atoms with Crippen LogP contribution in [0, 0.1) is 11.8 Å². The average molecular weight is 223 g/mol. The lowest BCUT2D eigenvalue weighted by molar-refractivity contribution is -0.124. The zero-order chi connectivity index (χ0) is 11.2. The van der Waals surface area contributed by atoms with Crippen LogP contribution >= 0.6 is 0 Å². The summed E-state index contributed by atoms with van der Waals surface area (Å²) in [5, 5.41) is 11.0.